The number of esters is 1. The van der Waals surface area contributed by atoms with Crippen molar-refractivity contribution in [1.29, 1.82) is 0 Å². The molecule has 0 fully saturated rings. The number of amides is 2. The van der Waals surface area contributed by atoms with Gasteiger partial charge >= 0.3 is 5.97 Å². The van der Waals surface area contributed by atoms with Gasteiger partial charge in [-0.15, -0.1) is 11.3 Å². The second-order valence-corrected chi connectivity index (χ2v) is 7.62. The maximum atomic E-state index is 12.8. The summed E-state index contributed by atoms with van der Waals surface area (Å²) in [5, 5.41) is 1.70. The van der Waals surface area contributed by atoms with Crippen molar-refractivity contribution in [2.75, 3.05) is 13.7 Å². The van der Waals surface area contributed by atoms with Crippen LogP contribution < -0.4 is 4.74 Å². The number of carbonyl (C=O) groups excluding carboxylic acids is 3. The Morgan fingerprint density at radius 3 is 2.43 bits per heavy atom. The van der Waals surface area contributed by atoms with Crippen LogP contribution >= 0.6 is 11.3 Å². The van der Waals surface area contributed by atoms with E-state index in [1.165, 1.54) is 18.4 Å². The lowest BCUT2D eigenvalue weighted by Gasteiger charge is -2.13. The largest absolute Gasteiger partial charge is 0.489 e. The highest BCUT2D eigenvalue weighted by Crippen LogP contribution is 2.38. The molecule has 0 bridgehead atoms. The van der Waals surface area contributed by atoms with E-state index in [1.54, 1.807) is 5.38 Å². The van der Waals surface area contributed by atoms with E-state index in [4.69, 9.17) is 4.74 Å². The third kappa shape index (κ3) is 3.84. The summed E-state index contributed by atoms with van der Waals surface area (Å²) in [7, 11) is 1.28. The lowest BCUT2D eigenvalue weighted by molar-refractivity contribution is -0.140. The Morgan fingerprint density at radius 1 is 1.00 bits per heavy atom. The highest BCUT2D eigenvalue weighted by molar-refractivity contribution is 7.14. The van der Waals surface area contributed by atoms with E-state index in [-0.39, 0.29) is 24.8 Å². The summed E-state index contributed by atoms with van der Waals surface area (Å²) in [6, 6.07) is 17.3. The van der Waals surface area contributed by atoms with Crippen molar-refractivity contribution in [1.82, 2.24) is 4.90 Å². The highest BCUT2D eigenvalue weighted by Gasteiger charge is 2.39. The summed E-state index contributed by atoms with van der Waals surface area (Å²) in [6.07, 6.45) is -0.0233. The number of nitrogens with zero attached hydrogens (tertiary/aromatic N) is 1. The summed E-state index contributed by atoms with van der Waals surface area (Å²) in [5.41, 5.74) is 2.69. The maximum absolute atomic E-state index is 12.8. The quantitative estimate of drug-likeness (QED) is 0.423. The van der Waals surface area contributed by atoms with Crippen LogP contribution in [0.15, 0.2) is 60.0 Å². The van der Waals surface area contributed by atoms with E-state index in [9.17, 15) is 14.4 Å². The standard InChI is InChI=1S/C23H19NO5S/c1-28-19(25)11-12-24-22(26)18-14-30-21(20(18)23(24)27)16-7-9-17(10-8-16)29-13-15-5-3-2-4-6-15/h2-10,14H,11-13H2,1H3. The molecule has 0 spiro atoms. The monoisotopic (exact) mass is 421 g/mol. The summed E-state index contributed by atoms with van der Waals surface area (Å²) >= 11 is 1.36. The third-order valence-electron chi connectivity index (χ3n) is 4.86. The van der Waals surface area contributed by atoms with Gasteiger partial charge in [-0.1, -0.05) is 30.3 Å². The van der Waals surface area contributed by atoms with Gasteiger partial charge in [0.25, 0.3) is 11.8 Å². The molecule has 1 aliphatic heterocycles. The minimum Gasteiger partial charge on any atom is -0.489 e. The molecule has 3 aromatic rings. The van der Waals surface area contributed by atoms with Crippen molar-refractivity contribution in [2.24, 2.45) is 0 Å². The number of ether oxygens (including phenoxy) is 2. The Labute approximate surface area is 177 Å². The average molecular weight is 421 g/mol. The van der Waals surface area contributed by atoms with Gasteiger partial charge in [-0.05, 0) is 35.4 Å². The fourth-order valence-electron chi connectivity index (χ4n) is 3.26. The molecule has 1 aliphatic rings. The van der Waals surface area contributed by atoms with E-state index >= 15 is 0 Å². The first-order chi connectivity index (χ1) is 14.6. The molecule has 2 aromatic carbocycles. The van der Waals surface area contributed by atoms with Crippen molar-refractivity contribution < 1.29 is 23.9 Å². The zero-order chi connectivity index (χ0) is 21.1. The van der Waals surface area contributed by atoms with Crippen molar-refractivity contribution in [3.8, 4) is 16.2 Å². The molecule has 0 saturated heterocycles. The molecule has 30 heavy (non-hydrogen) atoms. The van der Waals surface area contributed by atoms with Crippen LogP contribution in [0, 0.1) is 0 Å². The lowest BCUT2D eigenvalue weighted by atomic mass is 10.1. The predicted molar refractivity (Wildman–Crippen MR) is 113 cm³/mol. The van der Waals surface area contributed by atoms with E-state index in [1.807, 2.05) is 54.6 Å². The normalized spacial score (nSPS) is 12.8. The number of thiophene rings is 1. The first-order valence-electron chi connectivity index (χ1n) is 9.40. The van der Waals surface area contributed by atoms with Crippen molar-refractivity contribution >= 4 is 29.1 Å². The molecule has 0 atom stereocenters. The van der Waals surface area contributed by atoms with E-state index in [0.717, 1.165) is 26.7 Å². The molecule has 0 aliphatic carbocycles. The minimum absolute atomic E-state index is 0.00932. The number of fused-ring (bicyclic) bond motifs is 1. The number of benzene rings is 2. The van der Waals surface area contributed by atoms with Gasteiger partial charge in [0.1, 0.15) is 12.4 Å². The van der Waals surface area contributed by atoms with Crippen LogP contribution in [0.4, 0.5) is 0 Å². The average Bonchev–Trinajstić information content (AvgIpc) is 3.32. The summed E-state index contributed by atoms with van der Waals surface area (Å²) in [5.74, 6) is -0.488. The Balaban J connectivity index is 1.49. The van der Waals surface area contributed by atoms with Crippen LogP contribution in [0.2, 0.25) is 0 Å². The zero-order valence-corrected chi connectivity index (χ0v) is 17.1. The van der Waals surface area contributed by atoms with Gasteiger partial charge < -0.3 is 9.47 Å². The molecule has 0 radical (unpaired) electrons. The highest BCUT2D eigenvalue weighted by atomic mass is 32.1. The minimum atomic E-state index is -0.462. The Hall–Kier alpha value is -3.45. The molecule has 2 heterocycles. The van der Waals surface area contributed by atoms with Gasteiger partial charge in [-0.2, -0.15) is 0 Å². The van der Waals surface area contributed by atoms with E-state index < -0.39 is 5.97 Å². The molecule has 2 amide bonds. The Kier molecular flexibility index (Phi) is 5.63. The summed E-state index contributed by atoms with van der Waals surface area (Å²) in [6.45, 7) is 0.478. The SMILES string of the molecule is COC(=O)CCN1C(=O)c2csc(-c3ccc(OCc4ccccc4)cc3)c2C1=O. The van der Waals surface area contributed by atoms with Gasteiger partial charge in [0, 0.05) is 16.8 Å². The maximum Gasteiger partial charge on any atom is 0.307 e. The Bertz CT molecular complexity index is 1090. The van der Waals surface area contributed by atoms with Crippen LogP contribution in [0.5, 0.6) is 5.75 Å². The van der Waals surface area contributed by atoms with Crippen LogP contribution in [0.25, 0.3) is 10.4 Å². The topological polar surface area (TPSA) is 72.9 Å². The van der Waals surface area contributed by atoms with Gasteiger partial charge in [0.2, 0.25) is 0 Å². The molecule has 152 valence electrons. The summed E-state index contributed by atoms with van der Waals surface area (Å²) in [4.78, 5) is 38.6. The van der Waals surface area contributed by atoms with Crippen LogP contribution in [-0.2, 0) is 16.1 Å². The number of imide groups is 1. The fourth-order valence-corrected chi connectivity index (χ4v) is 4.31. The van der Waals surface area contributed by atoms with Gasteiger partial charge in [0.05, 0.1) is 24.7 Å². The molecule has 4 rings (SSSR count). The number of rotatable bonds is 7. The van der Waals surface area contributed by atoms with Crippen molar-refractivity contribution in [3.05, 3.63) is 76.7 Å². The predicted octanol–water partition coefficient (Wildman–Crippen LogP) is 4.15. The smallest absolute Gasteiger partial charge is 0.307 e. The third-order valence-corrected chi connectivity index (χ3v) is 5.89. The molecule has 0 saturated carbocycles. The number of carbonyl (C=O) groups is 3. The first kappa shape index (κ1) is 19.8. The summed E-state index contributed by atoms with van der Waals surface area (Å²) < 4.78 is 10.4. The van der Waals surface area contributed by atoms with Crippen LogP contribution in [0.3, 0.4) is 0 Å². The van der Waals surface area contributed by atoms with Gasteiger partial charge in [0.15, 0.2) is 0 Å². The molecule has 0 N–H and O–H groups in total. The first-order valence-corrected chi connectivity index (χ1v) is 10.3. The lowest BCUT2D eigenvalue weighted by Crippen LogP contribution is -2.32. The second kappa shape index (κ2) is 8.51. The number of hydrogen-bond acceptors (Lipinski definition) is 6. The molecular weight excluding hydrogens is 402 g/mol. The molecular formula is C23H19NO5S. The number of methoxy groups -OCH3 is 1. The van der Waals surface area contributed by atoms with Crippen LogP contribution in [0.1, 0.15) is 32.7 Å². The second-order valence-electron chi connectivity index (χ2n) is 6.74. The molecule has 1 aromatic heterocycles. The fraction of sp³-hybridized carbons (Fsp3) is 0.174. The van der Waals surface area contributed by atoms with E-state index in [2.05, 4.69) is 4.74 Å². The number of hydrogen-bond donors (Lipinski definition) is 0. The van der Waals surface area contributed by atoms with Crippen molar-refractivity contribution in [3.63, 3.8) is 0 Å². The van der Waals surface area contributed by atoms with E-state index in [0.29, 0.717) is 17.7 Å². The van der Waals surface area contributed by atoms with Crippen molar-refractivity contribution in [2.45, 2.75) is 13.0 Å². The van der Waals surface area contributed by atoms with Crippen LogP contribution in [-0.4, -0.2) is 36.3 Å². The molecule has 7 heteroatoms. The van der Waals surface area contributed by atoms with Gasteiger partial charge in [-0.3, -0.25) is 19.3 Å². The molecule has 0 unspecified atom stereocenters. The Morgan fingerprint density at radius 2 is 1.73 bits per heavy atom. The van der Waals surface area contributed by atoms with Gasteiger partial charge in [-0.25, -0.2) is 0 Å². The zero-order valence-electron chi connectivity index (χ0n) is 16.3. The molecule has 6 nitrogen and oxygen atoms in total.